The summed E-state index contributed by atoms with van der Waals surface area (Å²) < 4.78 is 0. The Kier molecular flexibility index (Phi) is 5.87. The van der Waals surface area contributed by atoms with Crippen LogP contribution in [0.2, 0.25) is 0 Å². The van der Waals surface area contributed by atoms with Crippen molar-refractivity contribution in [2.24, 2.45) is 15.8 Å². The van der Waals surface area contributed by atoms with Gasteiger partial charge in [0.15, 0.2) is 0 Å². The summed E-state index contributed by atoms with van der Waals surface area (Å²) in [6.45, 7) is 17.6. The number of aliphatic imine (C=N–C) groups is 1. The molecule has 0 heterocycles. The van der Waals surface area contributed by atoms with Gasteiger partial charge in [0.2, 0.25) is 0 Å². The first-order chi connectivity index (χ1) is 7.64. The van der Waals surface area contributed by atoms with Crippen LogP contribution >= 0.6 is 0 Å². The van der Waals surface area contributed by atoms with E-state index in [1.807, 2.05) is 19.3 Å². The van der Waals surface area contributed by atoms with Crippen LogP contribution < -0.4 is 0 Å². The second-order valence-corrected chi connectivity index (χ2v) is 6.58. The standard InChI is InChI=1S/C16H29N/c1-9-13(15(2,3)4)14(16(5,6)7)11-10-12-17-8/h9,12H,1,10-11H2,2-8H3/b14-13-,17-12-. The van der Waals surface area contributed by atoms with Crippen molar-refractivity contribution in [3.05, 3.63) is 23.8 Å². The Morgan fingerprint density at radius 3 is 1.88 bits per heavy atom. The van der Waals surface area contributed by atoms with Gasteiger partial charge in [-0.25, -0.2) is 0 Å². The van der Waals surface area contributed by atoms with Gasteiger partial charge in [-0.15, -0.1) is 0 Å². The zero-order chi connectivity index (χ0) is 13.7. The summed E-state index contributed by atoms with van der Waals surface area (Å²) in [6.07, 6.45) is 6.11. The highest BCUT2D eigenvalue weighted by atomic mass is 14.6. The molecule has 0 fully saturated rings. The Morgan fingerprint density at radius 1 is 1.06 bits per heavy atom. The molecule has 0 bridgehead atoms. The molecule has 0 rings (SSSR count). The van der Waals surface area contributed by atoms with E-state index in [1.54, 1.807) is 0 Å². The Hall–Kier alpha value is -0.850. The van der Waals surface area contributed by atoms with E-state index in [-0.39, 0.29) is 10.8 Å². The molecule has 1 heteroatoms. The molecule has 0 aromatic heterocycles. The van der Waals surface area contributed by atoms with Crippen LogP contribution in [0.5, 0.6) is 0 Å². The van der Waals surface area contributed by atoms with Crippen molar-refractivity contribution in [3.63, 3.8) is 0 Å². The van der Waals surface area contributed by atoms with Gasteiger partial charge in [-0.2, -0.15) is 0 Å². The lowest BCUT2D eigenvalue weighted by molar-refractivity contribution is 0.440. The quantitative estimate of drug-likeness (QED) is 0.478. The fourth-order valence-corrected chi connectivity index (χ4v) is 2.13. The number of rotatable bonds is 4. The molecule has 0 unspecified atom stereocenters. The molecule has 0 saturated heterocycles. The first kappa shape index (κ1) is 16.1. The molecular weight excluding hydrogens is 206 g/mol. The van der Waals surface area contributed by atoms with E-state index < -0.39 is 0 Å². The van der Waals surface area contributed by atoms with E-state index in [0.29, 0.717) is 0 Å². The highest BCUT2D eigenvalue weighted by molar-refractivity contribution is 5.57. The molecule has 0 N–H and O–H groups in total. The van der Waals surface area contributed by atoms with Crippen molar-refractivity contribution in [2.45, 2.75) is 54.4 Å². The average Bonchev–Trinajstić information content (AvgIpc) is 2.13. The van der Waals surface area contributed by atoms with E-state index in [4.69, 9.17) is 0 Å². The SMILES string of the molecule is C=C/C(=C(\CC/C=N\C)C(C)(C)C)C(C)(C)C. The zero-order valence-corrected chi connectivity index (χ0v) is 12.7. The summed E-state index contributed by atoms with van der Waals surface area (Å²) >= 11 is 0. The van der Waals surface area contributed by atoms with Crippen LogP contribution in [0.4, 0.5) is 0 Å². The van der Waals surface area contributed by atoms with Crippen LogP contribution in [-0.4, -0.2) is 13.3 Å². The summed E-state index contributed by atoms with van der Waals surface area (Å²) in [7, 11) is 1.83. The normalized spacial score (nSPS) is 15.0. The number of allylic oxidation sites excluding steroid dienone is 3. The van der Waals surface area contributed by atoms with E-state index in [0.717, 1.165) is 12.8 Å². The summed E-state index contributed by atoms with van der Waals surface area (Å²) in [5, 5.41) is 0. The number of hydrogen-bond acceptors (Lipinski definition) is 1. The Bertz CT molecular complexity index is 305. The Labute approximate surface area is 108 Å². The third-order valence-corrected chi connectivity index (χ3v) is 2.95. The van der Waals surface area contributed by atoms with Gasteiger partial charge in [0.1, 0.15) is 0 Å². The molecule has 17 heavy (non-hydrogen) atoms. The van der Waals surface area contributed by atoms with E-state index >= 15 is 0 Å². The maximum atomic E-state index is 4.06. The second kappa shape index (κ2) is 6.18. The molecule has 0 radical (unpaired) electrons. The van der Waals surface area contributed by atoms with Gasteiger partial charge in [0.25, 0.3) is 0 Å². The highest BCUT2D eigenvalue weighted by Crippen LogP contribution is 2.39. The fourth-order valence-electron chi connectivity index (χ4n) is 2.13. The summed E-state index contributed by atoms with van der Waals surface area (Å²) in [4.78, 5) is 4.06. The lowest BCUT2D eigenvalue weighted by Crippen LogP contribution is -2.19. The largest absolute Gasteiger partial charge is 0.301 e. The van der Waals surface area contributed by atoms with Gasteiger partial charge in [0.05, 0.1) is 0 Å². The molecule has 0 atom stereocenters. The maximum Gasteiger partial charge on any atom is 0.0273 e. The van der Waals surface area contributed by atoms with Crippen LogP contribution in [0.3, 0.4) is 0 Å². The van der Waals surface area contributed by atoms with Crippen molar-refractivity contribution in [3.8, 4) is 0 Å². The van der Waals surface area contributed by atoms with E-state index in [9.17, 15) is 0 Å². The van der Waals surface area contributed by atoms with Gasteiger partial charge >= 0.3 is 0 Å². The summed E-state index contributed by atoms with van der Waals surface area (Å²) in [5.41, 5.74) is 3.24. The van der Waals surface area contributed by atoms with Crippen molar-refractivity contribution < 1.29 is 0 Å². The molecule has 0 aromatic rings. The van der Waals surface area contributed by atoms with Gasteiger partial charge in [0, 0.05) is 7.05 Å². The summed E-state index contributed by atoms with van der Waals surface area (Å²) in [5.74, 6) is 0. The topological polar surface area (TPSA) is 12.4 Å². The Balaban J connectivity index is 5.40. The van der Waals surface area contributed by atoms with Crippen LogP contribution in [-0.2, 0) is 0 Å². The first-order valence-corrected chi connectivity index (χ1v) is 6.41. The molecule has 0 aliphatic heterocycles. The van der Waals surface area contributed by atoms with Crippen LogP contribution in [0.15, 0.2) is 28.8 Å². The lowest BCUT2D eigenvalue weighted by Gasteiger charge is -2.32. The molecular formula is C16H29N. The van der Waals surface area contributed by atoms with E-state index in [2.05, 4.69) is 53.1 Å². The summed E-state index contributed by atoms with van der Waals surface area (Å²) in [6, 6.07) is 0. The smallest absolute Gasteiger partial charge is 0.0273 e. The van der Waals surface area contributed by atoms with Gasteiger partial charge in [-0.05, 0) is 35.5 Å². The van der Waals surface area contributed by atoms with Crippen LogP contribution in [0.1, 0.15) is 54.4 Å². The van der Waals surface area contributed by atoms with Crippen molar-refractivity contribution in [1.82, 2.24) is 0 Å². The fraction of sp³-hybridized carbons (Fsp3) is 0.688. The molecule has 0 saturated carbocycles. The van der Waals surface area contributed by atoms with Crippen molar-refractivity contribution in [1.29, 1.82) is 0 Å². The zero-order valence-electron chi connectivity index (χ0n) is 12.7. The molecule has 0 aliphatic rings. The molecule has 0 aliphatic carbocycles. The monoisotopic (exact) mass is 235 g/mol. The molecule has 98 valence electrons. The Morgan fingerprint density at radius 2 is 1.59 bits per heavy atom. The minimum Gasteiger partial charge on any atom is -0.301 e. The number of nitrogens with zero attached hydrogens (tertiary/aromatic N) is 1. The average molecular weight is 235 g/mol. The maximum absolute atomic E-state index is 4.06. The third kappa shape index (κ3) is 5.34. The van der Waals surface area contributed by atoms with Gasteiger partial charge in [-0.1, -0.05) is 59.8 Å². The van der Waals surface area contributed by atoms with Gasteiger partial charge < -0.3 is 4.99 Å². The second-order valence-electron chi connectivity index (χ2n) is 6.58. The lowest BCUT2D eigenvalue weighted by atomic mass is 9.73. The third-order valence-electron chi connectivity index (χ3n) is 2.95. The predicted molar refractivity (Wildman–Crippen MR) is 79.8 cm³/mol. The molecule has 0 spiro atoms. The van der Waals surface area contributed by atoms with Crippen LogP contribution in [0, 0.1) is 10.8 Å². The molecule has 1 nitrogen and oxygen atoms in total. The minimum atomic E-state index is 0.160. The van der Waals surface area contributed by atoms with Gasteiger partial charge in [-0.3, -0.25) is 0 Å². The minimum absolute atomic E-state index is 0.160. The molecule has 0 aromatic carbocycles. The van der Waals surface area contributed by atoms with E-state index in [1.165, 1.54) is 11.1 Å². The first-order valence-electron chi connectivity index (χ1n) is 6.41. The van der Waals surface area contributed by atoms with Crippen molar-refractivity contribution >= 4 is 6.21 Å². The predicted octanol–water partition coefficient (Wildman–Crippen LogP) is 5.04. The van der Waals surface area contributed by atoms with Crippen molar-refractivity contribution in [2.75, 3.05) is 7.05 Å². The molecule has 0 amide bonds. The highest BCUT2D eigenvalue weighted by Gasteiger charge is 2.25. The number of hydrogen-bond donors (Lipinski definition) is 0. The van der Waals surface area contributed by atoms with Crippen LogP contribution in [0.25, 0.3) is 0 Å².